The van der Waals surface area contributed by atoms with E-state index in [0.717, 1.165) is 22.9 Å². The molecule has 1 amide bonds. The molecule has 2 heterocycles. The first-order valence-electron chi connectivity index (χ1n) is 4.26. The third kappa shape index (κ3) is 2.08. The molecule has 1 aliphatic rings. The first kappa shape index (κ1) is 10.4. The summed E-state index contributed by atoms with van der Waals surface area (Å²) in [6.07, 6.45) is 3.47. The molecule has 0 radical (unpaired) electrons. The predicted octanol–water partition coefficient (Wildman–Crippen LogP) is 2.53. The molecule has 1 aliphatic heterocycles. The second kappa shape index (κ2) is 4.14. The quantitative estimate of drug-likeness (QED) is 0.566. The number of hydrogen-bond acceptors (Lipinski definition) is 2. The summed E-state index contributed by atoms with van der Waals surface area (Å²) in [7, 11) is 0. The molecule has 0 aliphatic carbocycles. The normalized spacial score (nSPS) is 21.0. The maximum Gasteiger partial charge on any atom is 0.238 e. The van der Waals surface area contributed by atoms with Crippen LogP contribution in [-0.4, -0.2) is 14.8 Å². The minimum absolute atomic E-state index is 0.0422. The number of hydrogen-bond donors (Lipinski definition) is 1. The zero-order valence-corrected chi connectivity index (χ0v) is 11.0. The first-order valence-corrected chi connectivity index (χ1v) is 6.30. The molecular formula is C9H8BrIN2O. The smallest absolute Gasteiger partial charge is 0.238 e. The van der Waals surface area contributed by atoms with Gasteiger partial charge in [0, 0.05) is 10.7 Å². The lowest BCUT2D eigenvalue weighted by atomic mass is 10.1. The topological polar surface area (TPSA) is 42.0 Å². The highest BCUT2D eigenvalue weighted by molar-refractivity contribution is 14.1. The summed E-state index contributed by atoms with van der Waals surface area (Å²) in [6.45, 7) is 0. The maximum atomic E-state index is 11.5. The molecule has 74 valence electrons. The number of aryl methyl sites for hydroxylation is 1. The van der Waals surface area contributed by atoms with Crippen LogP contribution in [0.25, 0.3) is 0 Å². The second-order valence-corrected chi connectivity index (χ2v) is 5.58. The van der Waals surface area contributed by atoms with Gasteiger partial charge < -0.3 is 5.32 Å². The van der Waals surface area contributed by atoms with Gasteiger partial charge in [-0.3, -0.25) is 4.79 Å². The lowest BCUT2D eigenvalue weighted by Crippen LogP contribution is -2.21. The average Bonchev–Trinajstić information content (AvgIpc) is 2.29. The Kier molecular flexibility index (Phi) is 3.06. The number of rotatable bonds is 0. The highest BCUT2D eigenvalue weighted by Crippen LogP contribution is 2.25. The Morgan fingerprint density at radius 2 is 2.43 bits per heavy atom. The predicted molar refractivity (Wildman–Crippen MR) is 66.7 cm³/mol. The molecule has 0 spiro atoms. The van der Waals surface area contributed by atoms with Crippen LogP contribution < -0.4 is 5.32 Å². The molecule has 1 unspecified atom stereocenters. The van der Waals surface area contributed by atoms with Crippen LogP contribution >= 0.6 is 38.5 Å². The van der Waals surface area contributed by atoms with Crippen LogP contribution in [-0.2, 0) is 11.2 Å². The Morgan fingerprint density at radius 1 is 1.64 bits per heavy atom. The second-order valence-electron chi connectivity index (χ2n) is 3.16. The third-order valence-corrected chi connectivity index (χ3v) is 3.75. The lowest BCUT2D eigenvalue weighted by Gasteiger charge is -2.05. The molecule has 1 aromatic heterocycles. The van der Waals surface area contributed by atoms with Gasteiger partial charge in [0.25, 0.3) is 0 Å². The molecule has 0 saturated heterocycles. The van der Waals surface area contributed by atoms with Crippen molar-refractivity contribution in [3.63, 3.8) is 0 Å². The molecule has 1 aromatic rings. The molecule has 0 aromatic carbocycles. The molecule has 3 nitrogen and oxygen atoms in total. The van der Waals surface area contributed by atoms with Gasteiger partial charge in [-0.05, 0) is 40.4 Å². The molecule has 2 rings (SSSR count). The number of nitrogens with one attached hydrogen (secondary N) is 1. The SMILES string of the molecule is O=C1Nc2ncc(Br)cc2CCC1I. The Balaban J connectivity index is 2.37. The Labute approximate surface area is 104 Å². The molecule has 0 saturated carbocycles. The summed E-state index contributed by atoms with van der Waals surface area (Å²) in [6, 6.07) is 2.01. The number of fused-ring (bicyclic) bond motifs is 1. The number of pyridine rings is 1. The average molecular weight is 367 g/mol. The lowest BCUT2D eigenvalue weighted by molar-refractivity contribution is -0.115. The van der Waals surface area contributed by atoms with Crippen molar-refractivity contribution in [3.8, 4) is 0 Å². The fourth-order valence-corrected chi connectivity index (χ4v) is 2.24. The van der Waals surface area contributed by atoms with E-state index in [1.165, 1.54) is 0 Å². The van der Waals surface area contributed by atoms with Crippen molar-refractivity contribution in [2.45, 2.75) is 16.8 Å². The van der Waals surface area contributed by atoms with Crippen LogP contribution in [0.1, 0.15) is 12.0 Å². The van der Waals surface area contributed by atoms with Gasteiger partial charge in [-0.2, -0.15) is 0 Å². The summed E-state index contributed by atoms with van der Waals surface area (Å²) in [5.41, 5.74) is 1.10. The van der Waals surface area contributed by atoms with Crippen LogP contribution in [0.4, 0.5) is 5.82 Å². The summed E-state index contributed by atoms with van der Waals surface area (Å²) in [5.74, 6) is 0.761. The van der Waals surface area contributed by atoms with Crippen LogP contribution in [0.5, 0.6) is 0 Å². The zero-order chi connectivity index (χ0) is 10.1. The summed E-state index contributed by atoms with van der Waals surface area (Å²) in [4.78, 5) is 15.7. The molecule has 0 fully saturated rings. The molecule has 5 heteroatoms. The monoisotopic (exact) mass is 366 g/mol. The highest BCUT2D eigenvalue weighted by atomic mass is 127. The Bertz CT molecular complexity index is 383. The largest absolute Gasteiger partial charge is 0.310 e. The van der Waals surface area contributed by atoms with Gasteiger partial charge in [-0.1, -0.05) is 22.6 Å². The van der Waals surface area contributed by atoms with Gasteiger partial charge in [0.05, 0.1) is 3.92 Å². The van der Waals surface area contributed by atoms with E-state index in [2.05, 4.69) is 48.8 Å². The number of amides is 1. The maximum absolute atomic E-state index is 11.5. The summed E-state index contributed by atoms with van der Waals surface area (Å²) >= 11 is 5.53. The van der Waals surface area contributed by atoms with Gasteiger partial charge in [-0.25, -0.2) is 4.98 Å². The van der Waals surface area contributed by atoms with Gasteiger partial charge in [0.1, 0.15) is 5.82 Å². The van der Waals surface area contributed by atoms with E-state index >= 15 is 0 Å². The van der Waals surface area contributed by atoms with Crippen molar-refractivity contribution in [3.05, 3.63) is 22.3 Å². The van der Waals surface area contributed by atoms with Gasteiger partial charge in [-0.15, -0.1) is 0 Å². The number of carbonyl (C=O) groups excluding carboxylic acids is 1. The van der Waals surface area contributed by atoms with E-state index in [4.69, 9.17) is 0 Å². The van der Waals surface area contributed by atoms with Gasteiger partial charge >= 0.3 is 0 Å². The number of nitrogens with zero attached hydrogens (tertiary/aromatic N) is 1. The van der Waals surface area contributed by atoms with E-state index in [1.54, 1.807) is 6.20 Å². The van der Waals surface area contributed by atoms with E-state index in [-0.39, 0.29) is 9.83 Å². The number of carbonyl (C=O) groups is 1. The molecule has 14 heavy (non-hydrogen) atoms. The highest BCUT2D eigenvalue weighted by Gasteiger charge is 2.21. The van der Waals surface area contributed by atoms with Gasteiger partial charge in [0.2, 0.25) is 5.91 Å². The van der Waals surface area contributed by atoms with Crippen LogP contribution in [0.3, 0.4) is 0 Å². The number of halogens is 2. The number of anilines is 1. The van der Waals surface area contributed by atoms with E-state index < -0.39 is 0 Å². The number of aromatic nitrogens is 1. The fraction of sp³-hybridized carbons (Fsp3) is 0.333. The van der Waals surface area contributed by atoms with Crippen molar-refractivity contribution in [2.24, 2.45) is 0 Å². The van der Waals surface area contributed by atoms with Crippen LogP contribution in [0, 0.1) is 0 Å². The molecular weight excluding hydrogens is 359 g/mol. The van der Waals surface area contributed by atoms with Crippen molar-refractivity contribution < 1.29 is 4.79 Å². The third-order valence-electron chi connectivity index (χ3n) is 2.13. The Hall–Kier alpha value is -0.170. The minimum atomic E-state index is 0.0422. The Morgan fingerprint density at radius 3 is 3.21 bits per heavy atom. The van der Waals surface area contributed by atoms with Crippen molar-refractivity contribution in [2.75, 3.05) is 5.32 Å². The first-order chi connectivity index (χ1) is 6.66. The fourth-order valence-electron chi connectivity index (χ4n) is 1.39. The minimum Gasteiger partial charge on any atom is -0.310 e. The zero-order valence-electron chi connectivity index (χ0n) is 7.26. The van der Waals surface area contributed by atoms with Crippen LogP contribution in [0.2, 0.25) is 0 Å². The molecule has 1 N–H and O–H groups in total. The number of alkyl halides is 1. The summed E-state index contributed by atoms with van der Waals surface area (Å²) in [5, 5.41) is 2.82. The van der Waals surface area contributed by atoms with Crippen molar-refractivity contribution in [1.29, 1.82) is 0 Å². The van der Waals surface area contributed by atoms with Gasteiger partial charge in [0.15, 0.2) is 0 Å². The van der Waals surface area contributed by atoms with E-state index in [1.807, 2.05) is 6.07 Å². The van der Waals surface area contributed by atoms with E-state index in [9.17, 15) is 4.79 Å². The standard InChI is InChI=1S/C9H8BrIN2O/c10-6-3-5-1-2-7(11)9(14)13-8(5)12-4-6/h3-4,7H,1-2H2,(H,12,13,14). The van der Waals surface area contributed by atoms with Crippen molar-refractivity contribution in [1.82, 2.24) is 4.98 Å². The van der Waals surface area contributed by atoms with E-state index in [0.29, 0.717) is 5.82 Å². The molecule has 1 atom stereocenters. The molecule has 0 bridgehead atoms. The van der Waals surface area contributed by atoms with Crippen molar-refractivity contribution >= 4 is 50.2 Å². The van der Waals surface area contributed by atoms with Crippen LogP contribution in [0.15, 0.2) is 16.7 Å². The summed E-state index contributed by atoms with van der Waals surface area (Å²) < 4.78 is 0.998.